The van der Waals surface area contributed by atoms with Crippen molar-refractivity contribution in [3.8, 4) is 5.69 Å². The fraction of sp³-hybridized carbons (Fsp3) is 0.133. The van der Waals surface area contributed by atoms with E-state index < -0.39 is 0 Å². The van der Waals surface area contributed by atoms with E-state index in [1.807, 2.05) is 47.3 Å². The number of nitrogens with zero attached hydrogens (tertiary/aromatic N) is 2. The van der Waals surface area contributed by atoms with E-state index >= 15 is 0 Å². The molecule has 5 heteroatoms. The molecule has 1 unspecified atom stereocenters. The van der Waals surface area contributed by atoms with Gasteiger partial charge in [0.15, 0.2) is 0 Å². The second-order valence-electron chi connectivity index (χ2n) is 4.56. The summed E-state index contributed by atoms with van der Waals surface area (Å²) in [6, 6.07) is 14.1. The van der Waals surface area contributed by atoms with Crippen LogP contribution in [0.25, 0.3) is 5.69 Å². The summed E-state index contributed by atoms with van der Waals surface area (Å²) in [5, 5.41) is 6.64. The molecule has 0 amide bonds. The van der Waals surface area contributed by atoms with Crippen molar-refractivity contribution in [2.24, 2.45) is 5.73 Å². The van der Waals surface area contributed by atoms with Gasteiger partial charge in [0.1, 0.15) is 0 Å². The molecule has 0 saturated carbocycles. The molecule has 2 aromatic heterocycles. The predicted octanol–water partition coefficient (Wildman–Crippen LogP) is 3.94. The molecule has 102 valence electrons. The predicted molar refractivity (Wildman–Crippen MR) is 86.2 cm³/mol. The molecule has 0 spiro atoms. The minimum atomic E-state index is -0.0782. The molecular weight excluding hydrogens is 334 g/mol. The lowest BCUT2D eigenvalue weighted by Gasteiger charge is -2.07. The van der Waals surface area contributed by atoms with Gasteiger partial charge in [0.25, 0.3) is 0 Å². The molecule has 0 aliphatic heterocycles. The van der Waals surface area contributed by atoms with E-state index in [4.69, 9.17) is 5.73 Å². The second-order valence-corrected chi connectivity index (χ2v) is 6.47. The van der Waals surface area contributed by atoms with Crippen LogP contribution in [0.15, 0.2) is 58.5 Å². The van der Waals surface area contributed by atoms with Crippen molar-refractivity contribution in [3.05, 3.63) is 69.1 Å². The normalized spacial score (nSPS) is 12.5. The zero-order chi connectivity index (χ0) is 13.9. The molecule has 20 heavy (non-hydrogen) atoms. The first-order chi connectivity index (χ1) is 9.72. The van der Waals surface area contributed by atoms with Crippen molar-refractivity contribution >= 4 is 27.3 Å². The number of halogens is 1. The number of hydrogen-bond acceptors (Lipinski definition) is 3. The van der Waals surface area contributed by atoms with Crippen LogP contribution in [0.3, 0.4) is 0 Å². The summed E-state index contributed by atoms with van der Waals surface area (Å²) in [6.07, 6.45) is 2.76. The maximum absolute atomic E-state index is 6.24. The molecule has 2 heterocycles. The maximum Gasteiger partial charge on any atom is 0.0799 e. The van der Waals surface area contributed by atoms with Gasteiger partial charge < -0.3 is 5.73 Å². The lowest BCUT2D eigenvalue weighted by Crippen LogP contribution is -2.13. The van der Waals surface area contributed by atoms with E-state index in [-0.39, 0.29) is 6.04 Å². The fourth-order valence-electron chi connectivity index (χ4n) is 2.04. The van der Waals surface area contributed by atoms with E-state index in [9.17, 15) is 0 Å². The number of thiophene rings is 1. The largest absolute Gasteiger partial charge is 0.322 e. The number of aromatic nitrogens is 2. The van der Waals surface area contributed by atoms with Gasteiger partial charge in [0, 0.05) is 27.3 Å². The van der Waals surface area contributed by atoms with Crippen molar-refractivity contribution in [2.75, 3.05) is 0 Å². The molecule has 1 aromatic carbocycles. The van der Waals surface area contributed by atoms with E-state index in [0.717, 1.165) is 22.3 Å². The van der Waals surface area contributed by atoms with Crippen LogP contribution in [-0.2, 0) is 6.42 Å². The van der Waals surface area contributed by atoms with Crippen molar-refractivity contribution in [1.29, 1.82) is 0 Å². The van der Waals surface area contributed by atoms with Gasteiger partial charge in [-0.1, -0.05) is 18.2 Å². The summed E-state index contributed by atoms with van der Waals surface area (Å²) in [5.74, 6) is 0. The van der Waals surface area contributed by atoms with Crippen molar-refractivity contribution in [1.82, 2.24) is 9.78 Å². The molecule has 0 bridgehead atoms. The SMILES string of the molecule is NC(Cc1cc(Br)cs1)c1ccn(-c2ccccc2)n1. The van der Waals surface area contributed by atoms with Gasteiger partial charge in [0.2, 0.25) is 0 Å². The summed E-state index contributed by atoms with van der Waals surface area (Å²) in [5.41, 5.74) is 8.20. The number of para-hydroxylation sites is 1. The van der Waals surface area contributed by atoms with E-state index in [0.29, 0.717) is 0 Å². The number of nitrogens with two attached hydrogens (primary N) is 1. The molecule has 2 N–H and O–H groups in total. The van der Waals surface area contributed by atoms with Crippen LogP contribution in [0, 0.1) is 0 Å². The lowest BCUT2D eigenvalue weighted by molar-refractivity contribution is 0.683. The number of rotatable bonds is 4. The Hall–Kier alpha value is -1.43. The summed E-state index contributed by atoms with van der Waals surface area (Å²) in [4.78, 5) is 1.26. The standard InChI is InChI=1S/C15H14BrN3S/c16-11-8-13(20-10-11)9-14(17)15-6-7-19(18-15)12-4-2-1-3-5-12/h1-8,10,14H,9,17H2. The first-order valence-electron chi connectivity index (χ1n) is 6.32. The Labute approximate surface area is 130 Å². The highest BCUT2D eigenvalue weighted by molar-refractivity contribution is 9.10. The van der Waals surface area contributed by atoms with Crippen LogP contribution in [0.5, 0.6) is 0 Å². The zero-order valence-corrected chi connectivity index (χ0v) is 13.1. The average Bonchev–Trinajstić information content (AvgIpc) is 3.09. The monoisotopic (exact) mass is 347 g/mol. The van der Waals surface area contributed by atoms with Crippen LogP contribution in [0.2, 0.25) is 0 Å². The van der Waals surface area contributed by atoms with Gasteiger partial charge in [-0.25, -0.2) is 4.68 Å². The molecule has 0 saturated heterocycles. The third-order valence-corrected chi connectivity index (χ3v) is 4.77. The molecule has 3 rings (SSSR count). The van der Waals surface area contributed by atoms with Gasteiger partial charge in [0.05, 0.1) is 17.4 Å². The van der Waals surface area contributed by atoms with Crippen LogP contribution in [0.4, 0.5) is 0 Å². The van der Waals surface area contributed by atoms with Gasteiger partial charge >= 0.3 is 0 Å². The van der Waals surface area contributed by atoms with Gasteiger partial charge in [-0.3, -0.25) is 0 Å². The minimum Gasteiger partial charge on any atom is -0.322 e. The summed E-state index contributed by atoms with van der Waals surface area (Å²) in [7, 11) is 0. The highest BCUT2D eigenvalue weighted by atomic mass is 79.9. The Balaban J connectivity index is 1.76. The third kappa shape index (κ3) is 3.00. The Bertz CT molecular complexity index is 690. The first-order valence-corrected chi connectivity index (χ1v) is 7.99. The van der Waals surface area contributed by atoms with E-state index in [1.54, 1.807) is 11.3 Å². The molecule has 0 aliphatic carbocycles. The Kier molecular flexibility index (Phi) is 4.00. The molecule has 3 aromatic rings. The molecule has 0 fully saturated rings. The van der Waals surface area contributed by atoms with E-state index in [2.05, 4.69) is 32.5 Å². The highest BCUT2D eigenvalue weighted by Crippen LogP contribution is 2.24. The molecular formula is C15H14BrN3S. The fourth-order valence-corrected chi connectivity index (χ4v) is 3.55. The quantitative estimate of drug-likeness (QED) is 0.776. The average molecular weight is 348 g/mol. The maximum atomic E-state index is 6.24. The Morgan fingerprint density at radius 2 is 2.05 bits per heavy atom. The van der Waals surface area contributed by atoms with Crippen LogP contribution >= 0.6 is 27.3 Å². The smallest absolute Gasteiger partial charge is 0.0799 e. The number of hydrogen-bond donors (Lipinski definition) is 1. The van der Waals surface area contributed by atoms with Crippen LogP contribution in [0.1, 0.15) is 16.6 Å². The molecule has 0 aliphatic rings. The first kappa shape index (κ1) is 13.5. The highest BCUT2D eigenvalue weighted by Gasteiger charge is 2.12. The zero-order valence-electron chi connectivity index (χ0n) is 10.7. The van der Waals surface area contributed by atoms with Gasteiger partial charge in [-0.2, -0.15) is 5.10 Å². The number of benzene rings is 1. The second kappa shape index (κ2) is 5.91. The summed E-state index contributed by atoms with van der Waals surface area (Å²) < 4.78 is 2.97. The summed E-state index contributed by atoms with van der Waals surface area (Å²) in [6.45, 7) is 0. The Morgan fingerprint density at radius 1 is 1.25 bits per heavy atom. The van der Waals surface area contributed by atoms with Crippen molar-refractivity contribution in [3.63, 3.8) is 0 Å². The summed E-state index contributed by atoms with van der Waals surface area (Å²) >= 11 is 5.18. The van der Waals surface area contributed by atoms with Crippen molar-refractivity contribution < 1.29 is 0 Å². The topological polar surface area (TPSA) is 43.8 Å². The molecule has 0 radical (unpaired) electrons. The van der Waals surface area contributed by atoms with E-state index in [1.165, 1.54) is 4.88 Å². The van der Waals surface area contributed by atoms with Crippen LogP contribution in [-0.4, -0.2) is 9.78 Å². The lowest BCUT2D eigenvalue weighted by atomic mass is 10.1. The minimum absolute atomic E-state index is 0.0782. The van der Waals surface area contributed by atoms with Gasteiger partial charge in [-0.15, -0.1) is 11.3 Å². The van der Waals surface area contributed by atoms with Gasteiger partial charge in [-0.05, 0) is 40.2 Å². The Morgan fingerprint density at radius 3 is 2.75 bits per heavy atom. The third-order valence-electron chi connectivity index (χ3n) is 3.05. The van der Waals surface area contributed by atoms with Crippen molar-refractivity contribution in [2.45, 2.75) is 12.5 Å². The molecule has 3 nitrogen and oxygen atoms in total. The molecule has 1 atom stereocenters. The van der Waals surface area contributed by atoms with Crippen LogP contribution < -0.4 is 5.73 Å².